The van der Waals surface area contributed by atoms with E-state index in [0.717, 1.165) is 39.0 Å². The van der Waals surface area contributed by atoms with Crippen LogP contribution in [0.25, 0.3) is 0 Å². The van der Waals surface area contributed by atoms with Gasteiger partial charge in [0.1, 0.15) is 0 Å². The van der Waals surface area contributed by atoms with Crippen LogP contribution in [0.4, 0.5) is 0 Å². The van der Waals surface area contributed by atoms with Gasteiger partial charge >= 0.3 is 0 Å². The third-order valence-corrected chi connectivity index (χ3v) is 4.79. The molecule has 128 valence electrons. The van der Waals surface area contributed by atoms with E-state index in [9.17, 15) is 4.79 Å². The van der Waals surface area contributed by atoms with Gasteiger partial charge in [-0.3, -0.25) is 9.69 Å². The van der Waals surface area contributed by atoms with E-state index in [1.165, 1.54) is 24.9 Å². The summed E-state index contributed by atoms with van der Waals surface area (Å²) in [6, 6.07) is 10.7. The first-order chi connectivity index (χ1) is 10.8. The molecule has 0 bridgehead atoms. The van der Waals surface area contributed by atoms with Gasteiger partial charge in [0.2, 0.25) is 5.91 Å². The Morgan fingerprint density at radius 3 is 2.78 bits per heavy atom. The molecule has 1 aromatic carbocycles. The minimum Gasteiger partial charge on any atom is -0.354 e. The minimum atomic E-state index is 0. The topological polar surface area (TPSA) is 44.4 Å². The number of hydrogen-bond donors (Lipinski definition) is 2. The van der Waals surface area contributed by atoms with E-state index in [2.05, 4.69) is 45.9 Å². The molecule has 2 atom stereocenters. The van der Waals surface area contributed by atoms with Gasteiger partial charge in [-0.05, 0) is 50.3 Å². The number of piperidine rings is 1. The third-order valence-electron chi connectivity index (χ3n) is 4.79. The van der Waals surface area contributed by atoms with Crippen molar-refractivity contribution < 1.29 is 4.79 Å². The number of carbonyl (C=O) groups is 1. The Hall–Kier alpha value is -1.10. The van der Waals surface area contributed by atoms with Crippen molar-refractivity contribution in [3.05, 3.63) is 35.9 Å². The van der Waals surface area contributed by atoms with Crippen molar-refractivity contribution in [2.75, 3.05) is 26.2 Å². The third kappa shape index (κ3) is 5.48. The second kappa shape index (κ2) is 9.26. The minimum absolute atomic E-state index is 0. The molecule has 3 rings (SSSR count). The first-order valence-corrected chi connectivity index (χ1v) is 8.58. The molecule has 0 aliphatic carbocycles. The fourth-order valence-corrected chi connectivity index (χ4v) is 3.58. The van der Waals surface area contributed by atoms with Crippen molar-refractivity contribution in [2.45, 2.75) is 38.3 Å². The van der Waals surface area contributed by atoms with Crippen LogP contribution in [0, 0.1) is 5.92 Å². The highest BCUT2D eigenvalue weighted by atomic mass is 35.5. The maximum Gasteiger partial charge on any atom is 0.237 e. The molecule has 1 aromatic rings. The number of nitrogens with one attached hydrogen (secondary N) is 2. The maximum atomic E-state index is 12.1. The number of likely N-dealkylation sites (tertiary alicyclic amines) is 1. The van der Waals surface area contributed by atoms with E-state index in [1.54, 1.807) is 0 Å². The smallest absolute Gasteiger partial charge is 0.237 e. The van der Waals surface area contributed by atoms with Crippen LogP contribution < -0.4 is 10.6 Å². The van der Waals surface area contributed by atoms with Crippen LogP contribution in [0.3, 0.4) is 0 Å². The molecular formula is C18H28ClN3O. The molecule has 5 heteroatoms. The molecule has 1 amide bonds. The van der Waals surface area contributed by atoms with Gasteiger partial charge in [0.05, 0.1) is 6.04 Å². The number of nitrogens with zero attached hydrogens (tertiary/aromatic N) is 1. The van der Waals surface area contributed by atoms with E-state index in [1.807, 2.05) is 0 Å². The predicted molar refractivity (Wildman–Crippen MR) is 95.7 cm³/mol. The summed E-state index contributed by atoms with van der Waals surface area (Å²) in [4.78, 5) is 14.6. The van der Waals surface area contributed by atoms with Crippen LogP contribution in [0.1, 0.15) is 31.2 Å². The number of rotatable bonds is 5. The van der Waals surface area contributed by atoms with Crippen molar-refractivity contribution in [1.82, 2.24) is 15.5 Å². The fraction of sp³-hybridized carbons (Fsp3) is 0.611. The SMILES string of the molecule is Cl.O=C(NCC1CCCN(Cc2ccccc2)C1)C1CCCN1. The number of benzene rings is 1. The second-order valence-electron chi connectivity index (χ2n) is 6.62. The van der Waals surface area contributed by atoms with Crippen LogP contribution in [0.15, 0.2) is 30.3 Å². The zero-order valence-electron chi connectivity index (χ0n) is 13.7. The fourth-order valence-electron chi connectivity index (χ4n) is 3.58. The van der Waals surface area contributed by atoms with Gasteiger partial charge in [-0.25, -0.2) is 0 Å². The summed E-state index contributed by atoms with van der Waals surface area (Å²) in [5.41, 5.74) is 1.38. The summed E-state index contributed by atoms with van der Waals surface area (Å²) < 4.78 is 0. The van der Waals surface area contributed by atoms with Crippen LogP contribution in [-0.2, 0) is 11.3 Å². The lowest BCUT2D eigenvalue weighted by atomic mass is 9.97. The van der Waals surface area contributed by atoms with Gasteiger partial charge in [-0.15, -0.1) is 12.4 Å². The number of halogens is 1. The Balaban J connectivity index is 0.00000192. The molecule has 0 saturated carbocycles. The predicted octanol–water partition coefficient (Wildman–Crippen LogP) is 2.19. The maximum absolute atomic E-state index is 12.1. The van der Waals surface area contributed by atoms with Gasteiger partial charge in [0.15, 0.2) is 0 Å². The van der Waals surface area contributed by atoms with Crippen molar-refractivity contribution >= 4 is 18.3 Å². The number of hydrogen-bond acceptors (Lipinski definition) is 3. The summed E-state index contributed by atoms with van der Waals surface area (Å²) in [6.07, 6.45) is 4.56. The molecular weight excluding hydrogens is 310 g/mol. The molecule has 4 nitrogen and oxygen atoms in total. The van der Waals surface area contributed by atoms with Crippen LogP contribution in [0.5, 0.6) is 0 Å². The molecule has 23 heavy (non-hydrogen) atoms. The first kappa shape index (κ1) is 18.2. The van der Waals surface area contributed by atoms with Gasteiger partial charge in [-0.1, -0.05) is 30.3 Å². The summed E-state index contributed by atoms with van der Waals surface area (Å²) in [6.45, 7) is 5.08. The summed E-state index contributed by atoms with van der Waals surface area (Å²) in [7, 11) is 0. The van der Waals surface area contributed by atoms with Gasteiger partial charge in [-0.2, -0.15) is 0 Å². The lowest BCUT2D eigenvalue weighted by molar-refractivity contribution is -0.123. The highest BCUT2D eigenvalue weighted by molar-refractivity contribution is 5.85. The zero-order chi connectivity index (χ0) is 15.2. The molecule has 2 saturated heterocycles. The highest BCUT2D eigenvalue weighted by Crippen LogP contribution is 2.18. The monoisotopic (exact) mass is 337 g/mol. The molecule has 2 fully saturated rings. The second-order valence-corrected chi connectivity index (χ2v) is 6.62. The van der Waals surface area contributed by atoms with Gasteiger partial charge in [0.25, 0.3) is 0 Å². The first-order valence-electron chi connectivity index (χ1n) is 8.58. The molecule has 2 aliphatic heterocycles. The van der Waals surface area contributed by atoms with E-state index in [0.29, 0.717) is 5.92 Å². The molecule has 2 N–H and O–H groups in total. The van der Waals surface area contributed by atoms with E-state index >= 15 is 0 Å². The van der Waals surface area contributed by atoms with Crippen molar-refractivity contribution in [1.29, 1.82) is 0 Å². The van der Waals surface area contributed by atoms with E-state index < -0.39 is 0 Å². The van der Waals surface area contributed by atoms with Crippen LogP contribution >= 0.6 is 12.4 Å². The Morgan fingerprint density at radius 2 is 2.04 bits per heavy atom. The standard InChI is InChI=1S/C18H27N3O.ClH/c22-18(17-9-4-10-19-17)20-12-16-8-5-11-21(14-16)13-15-6-2-1-3-7-15;/h1-3,6-7,16-17,19H,4-5,8-14H2,(H,20,22);1H. The van der Waals surface area contributed by atoms with Crippen LogP contribution in [-0.4, -0.2) is 43.0 Å². The van der Waals surface area contributed by atoms with Crippen molar-refractivity contribution in [2.24, 2.45) is 5.92 Å². The summed E-state index contributed by atoms with van der Waals surface area (Å²) in [5, 5.41) is 6.41. The van der Waals surface area contributed by atoms with Gasteiger partial charge in [0, 0.05) is 19.6 Å². The van der Waals surface area contributed by atoms with Gasteiger partial charge < -0.3 is 10.6 Å². The largest absolute Gasteiger partial charge is 0.354 e. The Labute approximate surface area is 145 Å². The number of amides is 1. The summed E-state index contributed by atoms with van der Waals surface area (Å²) in [5.74, 6) is 0.778. The molecule has 0 radical (unpaired) electrons. The number of carbonyl (C=O) groups excluding carboxylic acids is 1. The summed E-state index contributed by atoms with van der Waals surface area (Å²) >= 11 is 0. The lowest BCUT2D eigenvalue weighted by Gasteiger charge is -2.33. The molecule has 2 aliphatic rings. The lowest BCUT2D eigenvalue weighted by Crippen LogP contribution is -2.45. The Morgan fingerprint density at radius 1 is 1.22 bits per heavy atom. The van der Waals surface area contributed by atoms with Crippen molar-refractivity contribution in [3.8, 4) is 0 Å². The normalized spacial score (nSPS) is 24.9. The Kier molecular flexibility index (Phi) is 7.34. The average molecular weight is 338 g/mol. The molecule has 2 heterocycles. The zero-order valence-corrected chi connectivity index (χ0v) is 14.5. The molecule has 0 aromatic heterocycles. The molecule has 2 unspecified atom stereocenters. The van der Waals surface area contributed by atoms with E-state index in [4.69, 9.17) is 0 Å². The Bertz CT molecular complexity index is 476. The van der Waals surface area contributed by atoms with E-state index in [-0.39, 0.29) is 24.4 Å². The van der Waals surface area contributed by atoms with Crippen LogP contribution in [0.2, 0.25) is 0 Å². The molecule has 0 spiro atoms. The quantitative estimate of drug-likeness (QED) is 0.865. The van der Waals surface area contributed by atoms with Crippen molar-refractivity contribution in [3.63, 3.8) is 0 Å². The highest BCUT2D eigenvalue weighted by Gasteiger charge is 2.24. The average Bonchev–Trinajstić information content (AvgIpc) is 3.08.